The smallest absolute Gasteiger partial charge is 0.336 e. The first-order valence-electron chi connectivity index (χ1n) is 12.5. The van der Waals surface area contributed by atoms with E-state index in [1.807, 2.05) is 19.1 Å². The van der Waals surface area contributed by atoms with Crippen LogP contribution in [-0.4, -0.2) is 11.1 Å². The van der Waals surface area contributed by atoms with Gasteiger partial charge in [-0.2, -0.15) is 0 Å². The molecule has 178 valence electrons. The molecule has 0 aliphatic heterocycles. The van der Waals surface area contributed by atoms with Gasteiger partial charge in [-0.3, -0.25) is 0 Å². The Morgan fingerprint density at radius 1 is 0.939 bits per heavy atom. The highest BCUT2D eigenvalue weighted by Gasteiger charge is 2.23. The lowest BCUT2D eigenvalue weighted by molar-refractivity contribution is 0.0697. The lowest BCUT2D eigenvalue weighted by Gasteiger charge is -2.29. The lowest BCUT2D eigenvalue weighted by atomic mass is 9.76. The Kier molecular flexibility index (Phi) is 9.22. The molecule has 1 fully saturated rings. The molecule has 0 amide bonds. The van der Waals surface area contributed by atoms with Gasteiger partial charge in [0, 0.05) is 12.0 Å². The molecule has 33 heavy (non-hydrogen) atoms. The van der Waals surface area contributed by atoms with Gasteiger partial charge in [0.05, 0.1) is 5.56 Å². The number of hydrogen-bond acceptors (Lipinski definition) is 1. The third-order valence-electron chi connectivity index (χ3n) is 6.98. The highest BCUT2D eigenvalue weighted by atomic mass is 19.2. The van der Waals surface area contributed by atoms with Gasteiger partial charge in [-0.1, -0.05) is 75.9 Å². The van der Waals surface area contributed by atoms with Gasteiger partial charge in [0.1, 0.15) is 5.83 Å². The van der Waals surface area contributed by atoms with Gasteiger partial charge in [-0.15, -0.1) is 0 Å². The van der Waals surface area contributed by atoms with E-state index in [1.165, 1.54) is 31.2 Å². The number of carbonyl (C=O) groups is 1. The molecular weight excluding hydrogens is 418 g/mol. The zero-order chi connectivity index (χ0) is 23.8. The number of halogens is 2. The number of unbranched alkanes of at least 4 members (excludes halogenated alkanes) is 2. The summed E-state index contributed by atoms with van der Waals surface area (Å²) in [4.78, 5) is 11.9. The fourth-order valence-electron chi connectivity index (χ4n) is 5.03. The Hall–Kier alpha value is -2.49. The molecule has 2 aromatic rings. The van der Waals surface area contributed by atoms with Crippen molar-refractivity contribution in [1.82, 2.24) is 0 Å². The van der Waals surface area contributed by atoms with Crippen molar-refractivity contribution >= 4 is 11.8 Å². The van der Waals surface area contributed by atoms with Crippen molar-refractivity contribution in [3.8, 4) is 11.1 Å². The Morgan fingerprint density at radius 3 is 2.24 bits per heavy atom. The van der Waals surface area contributed by atoms with Crippen LogP contribution in [0.15, 0.2) is 48.3 Å². The minimum absolute atomic E-state index is 0.104. The molecule has 0 bridgehead atoms. The van der Waals surface area contributed by atoms with Crippen LogP contribution in [-0.2, 0) is 0 Å². The van der Waals surface area contributed by atoms with Crippen molar-refractivity contribution in [2.75, 3.05) is 0 Å². The summed E-state index contributed by atoms with van der Waals surface area (Å²) in [7, 11) is 0. The second-order valence-electron chi connectivity index (χ2n) is 9.37. The number of rotatable bonds is 10. The number of allylic oxidation sites excluding steroid dienone is 1. The first-order valence-corrected chi connectivity index (χ1v) is 12.5. The summed E-state index contributed by atoms with van der Waals surface area (Å²) in [6, 6.07) is 12.1. The SMILES string of the molecule is CCCCCC(F)=C(F)c1ccc(-c2cc(C3CCC(CCC)CC3)ccc2C(=O)O)cc1. The van der Waals surface area contributed by atoms with E-state index in [-0.39, 0.29) is 17.5 Å². The largest absolute Gasteiger partial charge is 0.478 e. The zero-order valence-corrected chi connectivity index (χ0v) is 19.9. The summed E-state index contributed by atoms with van der Waals surface area (Å²) >= 11 is 0. The number of benzene rings is 2. The normalized spacial score (nSPS) is 19.3. The van der Waals surface area contributed by atoms with Gasteiger partial charge in [0.25, 0.3) is 0 Å². The van der Waals surface area contributed by atoms with Crippen LogP contribution in [0, 0.1) is 5.92 Å². The molecule has 4 heteroatoms. The van der Waals surface area contributed by atoms with Crippen LogP contribution in [0.5, 0.6) is 0 Å². The number of carboxylic acid groups (broad SMARTS) is 1. The monoisotopic (exact) mass is 454 g/mol. The van der Waals surface area contributed by atoms with E-state index in [9.17, 15) is 18.7 Å². The molecule has 0 radical (unpaired) electrons. The van der Waals surface area contributed by atoms with E-state index >= 15 is 0 Å². The van der Waals surface area contributed by atoms with E-state index in [0.717, 1.165) is 31.6 Å². The molecule has 0 heterocycles. The molecule has 2 aromatic carbocycles. The molecule has 3 rings (SSSR count). The van der Waals surface area contributed by atoms with Crippen LogP contribution in [0.1, 0.15) is 105 Å². The van der Waals surface area contributed by atoms with Crippen LogP contribution in [0.2, 0.25) is 0 Å². The molecule has 1 saturated carbocycles. The van der Waals surface area contributed by atoms with E-state index in [0.29, 0.717) is 23.5 Å². The second-order valence-corrected chi connectivity index (χ2v) is 9.37. The summed E-state index contributed by atoms with van der Waals surface area (Å²) < 4.78 is 28.7. The van der Waals surface area contributed by atoms with Crippen molar-refractivity contribution in [2.45, 2.75) is 84.0 Å². The van der Waals surface area contributed by atoms with Crippen LogP contribution in [0.25, 0.3) is 17.0 Å². The number of aromatic carboxylic acids is 1. The maximum absolute atomic E-state index is 14.5. The van der Waals surface area contributed by atoms with Crippen LogP contribution >= 0.6 is 0 Å². The first kappa shape index (κ1) is 25.1. The molecule has 1 aliphatic carbocycles. The van der Waals surface area contributed by atoms with Gasteiger partial charge in [-0.05, 0) is 66.7 Å². The third-order valence-corrected chi connectivity index (χ3v) is 6.98. The summed E-state index contributed by atoms with van der Waals surface area (Å²) in [5.74, 6) is -1.28. The van der Waals surface area contributed by atoms with E-state index < -0.39 is 17.6 Å². The van der Waals surface area contributed by atoms with Crippen LogP contribution < -0.4 is 0 Å². The van der Waals surface area contributed by atoms with Gasteiger partial charge in [0.15, 0.2) is 5.83 Å². The molecule has 0 saturated heterocycles. The topological polar surface area (TPSA) is 37.3 Å². The molecule has 1 aliphatic rings. The standard InChI is InChI=1S/C29H36F2O2/c1-3-5-6-8-27(30)28(31)23-15-13-22(14-16-23)26-19-24(17-18-25(26)29(32)33)21-11-9-20(7-4-2)10-12-21/h13-21H,3-12H2,1-2H3,(H,32,33). The zero-order valence-electron chi connectivity index (χ0n) is 19.9. The average Bonchev–Trinajstić information content (AvgIpc) is 2.84. The lowest BCUT2D eigenvalue weighted by Crippen LogP contribution is -2.13. The van der Waals surface area contributed by atoms with Crippen molar-refractivity contribution in [3.63, 3.8) is 0 Å². The quantitative estimate of drug-likeness (QED) is 0.363. The first-order chi connectivity index (χ1) is 15.9. The van der Waals surface area contributed by atoms with E-state index in [2.05, 4.69) is 6.92 Å². The molecular formula is C29H36F2O2. The van der Waals surface area contributed by atoms with Crippen molar-refractivity contribution < 1.29 is 18.7 Å². The summed E-state index contributed by atoms with van der Waals surface area (Å²) in [6.45, 7) is 4.26. The van der Waals surface area contributed by atoms with Crippen LogP contribution in [0.4, 0.5) is 8.78 Å². The Morgan fingerprint density at radius 2 is 1.64 bits per heavy atom. The van der Waals surface area contributed by atoms with Gasteiger partial charge in [-0.25, -0.2) is 13.6 Å². The minimum Gasteiger partial charge on any atom is -0.478 e. The summed E-state index contributed by atoms with van der Waals surface area (Å²) in [6.07, 6.45) is 9.76. The molecule has 0 atom stereocenters. The Balaban J connectivity index is 1.83. The number of hydrogen-bond donors (Lipinski definition) is 1. The highest BCUT2D eigenvalue weighted by molar-refractivity contribution is 5.96. The van der Waals surface area contributed by atoms with Crippen molar-refractivity contribution in [1.29, 1.82) is 0 Å². The molecule has 1 N–H and O–H groups in total. The number of carboxylic acids is 1. The summed E-state index contributed by atoms with van der Waals surface area (Å²) in [5.41, 5.74) is 2.93. The van der Waals surface area contributed by atoms with E-state index in [1.54, 1.807) is 30.3 Å². The predicted octanol–water partition coefficient (Wildman–Crippen LogP) is 9.31. The van der Waals surface area contributed by atoms with Crippen molar-refractivity contribution in [3.05, 3.63) is 65.0 Å². The maximum Gasteiger partial charge on any atom is 0.336 e. The fraction of sp³-hybridized carbons (Fsp3) is 0.483. The fourth-order valence-corrected chi connectivity index (χ4v) is 5.03. The van der Waals surface area contributed by atoms with Crippen LogP contribution in [0.3, 0.4) is 0 Å². The summed E-state index contributed by atoms with van der Waals surface area (Å²) in [5, 5.41) is 9.72. The second kappa shape index (κ2) is 12.1. The van der Waals surface area contributed by atoms with Gasteiger partial charge >= 0.3 is 5.97 Å². The molecule has 0 aromatic heterocycles. The maximum atomic E-state index is 14.5. The van der Waals surface area contributed by atoms with E-state index in [4.69, 9.17) is 0 Å². The third kappa shape index (κ3) is 6.52. The van der Waals surface area contributed by atoms with Gasteiger partial charge < -0.3 is 5.11 Å². The molecule has 0 unspecified atom stereocenters. The van der Waals surface area contributed by atoms with Crippen molar-refractivity contribution in [2.24, 2.45) is 5.92 Å². The van der Waals surface area contributed by atoms with Gasteiger partial charge in [0.2, 0.25) is 0 Å². The minimum atomic E-state index is -0.986. The Labute approximate surface area is 196 Å². The Bertz CT molecular complexity index is 954. The highest BCUT2D eigenvalue weighted by Crippen LogP contribution is 2.39. The molecule has 2 nitrogen and oxygen atoms in total. The molecule has 0 spiro atoms. The average molecular weight is 455 g/mol. The predicted molar refractivity (Wildman–Crippen MR) is 132 cm³/mol.